The molecule has 2 rings (SSSR count). The van der Waals surface area contributed by atoms with Crippen LogP contribution < -0.4 is 0 Å². The quantitative estimate of drug-likeness (QED) is 0.689. The highest BCUT2D eigenvalue weighted by Crippen LogP contribution is 2.20. The summed E-state index contributed by atoms with van der Waals surface area (Å²) >= 11 is 0. The molecule has 0 N–H and O–H groups in total. The molecular weight excluding hydrogens is 348 g/mol. The highest BCUT2D eigenvalue weighted by Gasteiger charge is 2.38. The van der Waals surface area contributed by atoms with Gasteiger partial charge in [0.05, 0.1) is 12.4 Å². The largest absolute Gasteiger partial charge is 0.468 e. The number of esters is 1. The van der Waals surface area contributed by atoms with E-state index in [2.05, 4.69) is 4.74 Å². The summed E-state index contributed by atoms with van der Waals surface area (Å²) in [5.41, 5.74) is 0.858. The topological polar surface area (TPSA) is 93.2 Å². The van der Waals surface area contributed by atoms with Gasteiger partial charge in [0, 0.05) is 20.1 Å². The molecule has 1 heterocycles. The lowest BCUT2D eigenvalue weighted by Crippen LogP contribution is -2.41. The molecule has 0 radical (unpaired) electrons. The standard InChI is InChI=1S/C16H22N2O6S/c1-17(11-15(19)23-2)25(21,22)14-8-9-18(10-14)16(20)24-12-13-6-4-3-5-7-13/h3-7,14H,8-12H2,1-2H3/t14-/m0/s1. The first-order valence-electron chi connectivity index (χ1n) is 7.82. The van der Waals surface area contributed by atoms with E-state index in [4.69, 9.17) is 4.74 Å². The molecule has 1 aromatic carbocycles. The van der Waals surface area contributed by atoms with Crippen LogP contribution >= 0.6 is 0 Å². The van der Waals surface area contributed by atoms with E-state index in [1.807, 2.05) is 30.3 Å². The van der Waals surface area contributed by atoms with Gasteiger partial charge in [0.1, 0.15) is 13.2 Å². The first-order chi connectivity index (χ1) is 11.8. The SMILES string of the molecule is COC(=O)CN(C)S(=O)(=O)[C@H]1CCN(C(=O)OCc2ccccc2)C1. The molecule has 8 nitrogen and oxygen atoms in total. The maximum Gasteiger partial charge on any atom is 0.410 e. The predicted molar refractivity (Wildman–Crippen MR) is 90.2 cm³/mol. The predicted octanol–water partition coefficient (Wildman–Crippen LogP) is 0.832. The average molecular weight is 370 g/mol. The number of hydrogen-bond acceptors (Lipinski definition) is 6. The molecule has 1 aromatic rings. The molecule has 9 heteroatoms. The van der Waals surface area contributed by atoms with Crippen LogP contribution in [0.5, 0.6) is 0 Å². The van der Waals surface area contributed by atoms with Gasteiger partial charge >= 0.3 is 12.1 Å². The molecular formula is C16H22N2O6S. The summed E-state index contributed by atoms with van der Waals surface area (Å²) in [6.45, 7) is 0.120. The monoisotopic (exact) mass is 370 g/mol. The minimum absolute atomic E-state index is 0.0431. The second-order valence-electron chi connectivity index (χ2n) is 5.77. The Bertz CT molecular complexity index is 707. The number of carbonyl (C=O) groups excluding carboxylic acids is 2. The van der Waals surface area contributed by atoms with Gasteiger partial charge in [-0.3, -0.25) is 4.79 Å². The van der Waals surface area contributed by atoms with Crippen molar-refractivity contribution >= 4 is 22.1 Å². The van der Waals surface area contributed by atoms with Gasteiger partial charge in [0.2, 0.25) is 10.0 Å². The van der Waals surface area contributed by atoms with Crippen molar-refractivity contribution in [3.05, 3.63) is 35.9 Å². The molecule has 1 aliphatic rings. The van der Waals surface area contributed by atoms with E-state index in [9.17, 15) is 18.0 Å². The normalized spacial score (nSPS) is 17.6. The van der Waals surface area contributed by atoms with Gasteiger partial charge in [-0.1, -0.05) is 30.3 Å². The van der Waals surface area contributed by atoms with Crippen molar-refractivity contribution in [1.29, 1.82) is 0 Å². The first kappa shape index (κ1) is 19.2. The van der Waals surface area contributed by atoms with Crippen molar-refractivity contribution in [3.8, 4) is 0 Å². The van der Waals surface area contributed by atoms with Gasteiger partial charge < -0.3 is 14.4 Å². The van der Waals surface area contributed by atoms with Gasteiger partial charge in [-0.15, -0.1) is 0 Å². The Balaban J connectivity index is 1.89. The third-order valence-corrected chi connectivity index (χ3v) is 6.27. The van der Waals surface area contributed by atoms with Gasteiger partial charge in [0.25, 0.3) is 0 Å². The number of methoxy groups -OCH3 is 1. The highest BCUT2D eigenvalue weighted by atomic mass is 32.2. The fraction of sp³-hybridized carbons (Fsp3) is 0.500. The summed E-state index contributed by atoms with van der Waals surface area (Å²) in [7, 11) is -1.18. The Kier molecular flexibility index (Phi) is 6.38. The Morgan fingerprint density at radius 3 is 2.60 bits per heavy atom. The molecule has 1 amide bonds. The van der Waals surface area contributed by atoms with Crippen LogP contribution in [0.25, 0.3) is 0 Å². The molecule has 1 saturated heterocycles. The number of benzene rings is 1. The molecule has 1 aliphatic heterocycles. The Morgan fingerprint density at radius 2 is 1.96 bits per heavy atom. The van der Waals surface area contributed by atoms with Crippen LogP contribution in [0.3, 0.4) is 0 Å². The lowest BCUT2D eigenvalue weighted by molar-refractivity contribution is -0.140. The lowest BCUT2D eigenvalue weighted by Gasteiger charge is -2.21. The van der Waals surface area contributed by atoms with Crippen molar-refractivity contribution < 1.29 is 27.5 Å². The zero-order valence-electron chi connectivity index (χ0n) is 14.3. The van der Waals surface area contributed by atoms with Crippen molar-refractivity contribution in [2.45, 2.75) is 18.3 Å². The summed E-state index contributed by atoms with van der Waals surface area (Å²) in [4.78, 5) is 24.7. The van der Waals surface area contributed by atoms with Crippen LogP contribution in [0.1, 0.15) is 12.0 Å². The van der Waals surface area contributed by atoms with E-state index < -0.39 is 27.3 Å². The van der Waals surface area contributed by atoms with Gasteiger partial charge in [-0.05, 0) is 12.0 Å². The van der Waals surface area contributed by atoms with Gasteiger partial charge in [0.15, 0.2) is 0 Å². The van der Waals surface area contributed by atoms with Crippen molar-refractivity contribution in [2.24, 2.45) is 0 Å². The number of likely N-dealkylation sites (tertiary alicyclic amines) is 1. The maximum absolute atomic E-state index is 12.5. The van der Waals surface area contributed by atoms with Crippen LogP contribution in [-0.2, 0) is 30.9 Å². The molecule has 0 saturated carbocycles. The number of carbonyl (C=O) groups is 2. The van der Waals surface area contributed by atoms with Crippen molar-refractivity contribution in [1.82, 2.24) is 9.21 Å². The number of amides is 1. The fourth-order valence-corrected chi connectivity index (χ4v) is 4.10. The summed E-state index contributed by atoms with van der Waals surface area (Å²) < 4.78 is 35.6. The molecule has 0 bridgehead atoms. The van der Waals surface area contributed by atoms with E-state index >= 15 is 0 Å². The minimum Gasteiger partial charge on any atom is -0.468 e. The number of rotatable bonds is 6. The second-order valence-corrected chi connectivity index (χ2v) is 8.09. The summed E-state index contributed by atoms with van der Waals surface area (Å²) in [6.07, 6.45) is -0.244. The zero-order valence-corrected chi connectivity index (χ0v) is 15.1. The van der Waals surface area contributed by atoms with Crippen LogP contribution in [0.2, 0.25) is 0 Å². The number of likely N-dealkylation sites (N-methyl/N-ethyl adjacent to an activating group) is 1. The number of sulfonamides is 1. The molecule has 0 spiro atoms. The van der Waals surface area contributed by atoms with E-state index in [1.54, 1.807) is 0 Å². The van der Waals surface area contributed by atoms with Crippen molar-refractivity contribution in [3.63, 3.8) is 0 Å². The molecule has 138 valence electrons. The molecule has 1 atom stereocenters. The Labute approximate surface area is 147 Å². The minimum atomic E-state index is -3.69. The Hall–Kier alpha value is -2.13. The number of ether oxygens (including phenoxy) is 2. The maximum atomic E-state index is 12.5. The highest BCUT2D eigenvalue weighted by molar-refractivity contribution is 7.89. The van der Waals surface area contributed by atoms with Crippen LogP contribution in [0, 0.1) is 0 Å². The van der Waals surface area contributed by atoms with Crippen LogP contribution in [-0.4, -0.2) is 68.7 Å². The lowest BCUT2D eigenvalue weighted by atomic mass is 10.2. The van der Waals surface area contributed by atoms with Crippen LogP contribution in [0.4, 0.5) is 4.79 Å². The third kappa shape index (κ3) is 4.93. The molecule has 0 aromatic heterocycles. The molecule has 1 fully saturated rings. The van der Waals surface area contributed by atoms with E-state index in [1.165, 1.54) is 19.1 Å². The average Bonchev–Trinajstić information content (AvgIpc) is 3.11. The smallest absolute Gasteiger partial charge is 0.410 e. The van der Waals surface area contributed by atoms with Gasteiger partial charge in [-0.2, -0.15) is 4.31 Å². The number of hydrogen-bond donors (Lipinski definition) is 0. The van der Waals surface area contributed by atoms with Crippen molar-refractivity contribution in [2.75, 3.05) is 33.8 Å². The number of nitrogens with zero attached hydrogens (tertiary/aromatic N) is 2. The molecule has 0 aliphatic carbocycles. The first-order valence-corrected chi connectivity index (χ1v) is 9.32. The molecule has 25 heavy (non-hydrogen) atoms. The third-order valence-electron chi connectivity index (χ3n) is 4.04. The zero-order chi connectivity index (χ0) is 18.4. The Morgan fingerprint density at radius 1 is 1.28 bits per heavy atom. The second kappa shape index (κ2) is 8.30. The van der Waals surface area contributed by atoms with E-state index in [-0.39, 0.29) is 19.7 Å². The molecule has 0 unspecified atom stereocenters. The van der Waals surface area contributed by atoms with E-state index in [0.717, 1.165) is 9.87 Å². The summed E-state index contributed by atoms with van der Waals surface area (Å²) in [6, 6.07) is 9.24. The van der Waals surface area contributed by atoms with Gasteiger partial charge in [-0.25, -0.2) is 13.2 Å². The summed E-state index contributed by atoms with van der Waals surface area (Å²) in [5.74, 6) is -0.636. The fourth-order valence-electron chi connectivity index (χ4n) is 2.54. The summed E-state index contributed by atoms with van der Waals surface area (Å²) in [5, 5.41) is -0.758. The van der Waals surface area contributed by atoms with E-state index in [0.29, 0.717) is 13.0 Å². The van der Waals surface area contributed by atoms with Crippen LogP contribution in [0.15, 0.2) is 30.3 Å².